The van der Waals surface area contributed by atoms with E-state index in [0.717, 1.165) is 58.4 Å². The maximum atomic E-state index is 12.3. The summed E-state index contributed by atoms with van der Waals surface area (Å²) in [6.45, 7) is 4.34. The number of aliphatic hydroxyl groups is 1. The molecule has 2 fully saturated rings. The van der Waals surface area contributed by atoms with Crippen molar-refractivity contribution in [2.45, 2.75) is 38.2 Å². The lowest BCUT2D eigenvalue weighted by atomic mass is 9.85. The Bertz CT molecular complexity index is 295. The second-order valence-electron chi connectivity index (χ2n) is 6.03. The SMILES string of the molecule is COC1CCC(CC(=O)N2CCN(CCO)CC2)CC1. The van der Waals surface area contributed by atoms with E-state index in [2.05, 4.69) is 4.90 Å². The van der Waals surface area contributed by atoms with Gasteiger partial charge in [0.2, 0.25) is 5.91 Å². The van der Waals surface area contributed by atoms with Gasteiger partial charge in [-0.15, -0.1) is 0 Å². The maximum absolute atomic E-state index is 12.3. The highest BCUT2D eigenvalue weighted by Crippen LogP contribution is 2.28. The van der Waals surface area contributed by atoms with Crippen LogP contribution < -0.4 is 0 Å². The number of hydrogen-bond acceptors (Lipinski definition) is 4. The molecule has 0 aromatic carbocycles. The molecule has 0 bridgehead atoms. The van der Waals surface area contributed by atoms with Gasteiger partial charge in [0.25, 0.3) is 0 Å². The van der Waals surface area contributed by atoms with Crippen LogP contribution in [-0.4, -0.2) is 73.4 Å². The van der Waals surface area contributed by atoms with Crippen molar-refractivity contribution in [1.29, 1.82) is 0 Å². The highest BCUT2D eigenvalue weighted by Gasteiger charge is 2.26. The molecular formula is C15H28N2O3. The molecule has 0 spiro atoms. The molecule has 0 radical (unpaired) electrons. The molecule has 1 N–H and O–H groups in total. The standard InChI is InChI=1S/C15H28N2O3/c1-20-14-4-2-13(3-5-14)12-15(19)17-8-6-16(7-9-17)10-11-18/h13-14,18H,2-12H2,1H3. The fourth-order valence-electron chi connectivity index (χ4n) is 3.31. The van der Waals surface area contributed by atoms with Crippen molar-refractivity contribution in [2.75, 3.05) is 46.4 Å². The molecule has 2 aliphatic rings. The Morgan fingerprint density at radius 2 is 1.80 bits per heavy atom. The van der Waals surface area contributed by atoms with Crippen LogP contribution in [0.15, 0.2) is 0 Å². The van der Waals surface area contributed by atoms with Crippen molar-refractivity contribution in [3.05, 3.63) is 0 Å². The second-order valence-corrected chi connectivity index (χ2v) is 6.03. The van der Waals surface area contributed by atoms with Crippen LogP contribution in [0.1, 0.15) is 32.1 Å². The molecule has 0 aromatic heterocycles. The van der Waals surface area contributed by atoms with Crippen LogP contribution in [-0.2, 0) is 9.53 Å². The van der Waals surface area contributed by atoms with Gasteiger partial charge in [0, 0.05) is 46.3 Å². The summed E-state index contributed by atoms with van der Waals surface area (Å²) in [6.07, 6.45) is 5.54. The number of ether oxygens (including phenoxy) is 1. The molecule has 1 heterocycles. The molecule has 1 amide bonds. The minimum Gasteiger partial charge on any atom is -0.395 e. The Morgan fingerprint density at radius 3 is 2.35 bits per heavy atom. The average molecular weight is 284 g/mol. The Hall–Kier alpha value is -0.650. The zero-order valence-corrected chi connectivity index (χ0v) is 12.6. The lowest BCUT2D eigenvalue weighted by Gasteiger charge is -2.35. The van der Waals surface area contributed by atoms with Crippen LogP contribution in [0.4, 0.5) is 0 Å². The van der Waals surface area contributed by atoms with Crippen LogP contribution in [0.25, 0.3) is 0 Å². The summed E-state index contributed by atoms with van der Waals surface area (Å²) in [6, 6.07) is 0. The van der Waals surface area contributed by atoms with E-state index in [1.165, 1.54) is 0 Å². The lowest BCUT2D eigenvalue weighted by molar-refractivity contribution is -0.134. The van der Waals surface area contributed by atoms with Crippen molar-refractivity contribution in [3.63, 3.8) is 0 Å². The Kier molecular flexibility index (Phi) is 6.26. The van der Waals surface area contributed by atoms with Gasteiger partial charge in [-0.2, -0.15) is 0 Å². The number of carbonyl (C=O) groups excluding carboxylic acids is 1. The summed E-state index contributed by atoms with van der Waals surface area (Å²) in [4.78, 5) is 16.5. The van der Waals surface area contributed by atoms with Gasteiger partial charge >= 0.3 is 0 Å². The predicted octanol–water partition coefficient (Wildman–Crippen LogP) is 0.718. The number of carbonyl (C=O) groups is 1. The summed E-state index contributed by atoms with van der Waals surface area (Å²) in [5.41, 5.74) is 0. The van der Waals surface area contributed by atoms with Gasteiger partial charge in [-0.05, 0) is 31.6 Å². The van der Waals surface area contributed by atoms with Crippen molar-refractivity contribution < 1.29 is 14.6 Å². The van der Waals surface area contributed by atoms with Crippen LogP contribution in [0.3, 0.4) is 0 Å². The van der Waals surface area contributed by atoms with Gasteiger partial charge in [0.1, 0.15) is 0 Å². The summed E-state index contributed by atoms with van der Waals surface area (Å²) in [5, 5.41) is 8.92. The number of rotatable bonds is 5. The van der Waals surface area contributed by atoms with Crippen molar-refractivity contribution in [2.24, 2.45) is 5.92 Å². The number of piperazine rings is 1. The molecule has 1 aliphatic heterocycles. The van der Waals surface area contributed by atoms with Crippen LogP contribution >= 0.6 is 0 Å². The van der Waals surface area contributed by atoms with Gasteiger partial charge in [-0.25, -0.2) is 0 Å². The molecule has 116 valence electrons. The average Bonchev–Trinajstić information content (AvgIpc) is 2.49. The summed E-state index contributed by atoms with van der Waals surface area (Å²) >= 11 is 0. The molecular weight excluding hydrogens is 256 g/mol. The lowest BCUT2D eigenvalue weighted by Crippen LogP contribution is -2.49. The first-order valence-corrected chi connectivity index (χ1v) is 7.86. The smallest absolute Gasteiger partial charge is 0.222 e. The van der Waals surface area contributed by atoms with Gasteiger partial charge in [0.05, 0.1) is 12.7 Å². The Labute approximate surface area is 121 Å². The molecule has 5 nitrogen and oxygen atoms in total. The molecule has 0 atom stereocenters. The molecule has 0 unspecified atom stereocenters. The van der Waals surface area contributed by atoms with Crippen LogP contribution in [0, 0.1) is 5.92 Å². The number of amides is 1. The first-order chi connectivity index (χ1) is 9.72. The minimum atomic E-state index is 0.205. The zero-order valence-electron chi connectivity index (χ0n) is 12.6. The molecule has 2 rings (SSSR count). The van der Waals surface area contributed by atoms with E-state index in [1.54, 1.807) is 7.11 Å². The molecule has 1 saturated heterocycles. The molecule has 5 heteroatoms. The number of β-amino-alcohol motifs (C(OH)–C–C–N with tert-alkyl or cyclic N) is 1. The van der Waals surface area contributed by atoms with E-state index in [4.69, 9.17) is 9.84 Å². The van der Waals surface area contributed by atoms with E-state index in [9.17, 15) is 4.79 Å². The molecule has 1 saturated carbocycles. The van der Waals surface area contributed by atoms with E-state index in [1.807, 2.05) is 4.90 Å². The molecule has 1 aliphatic carbocycles. The number of aliphatic hydroxyl groups excluding tert-OH is 1. The van der Waals surface area contributed by atoms with Crippen molar-refractivity contribution in [3.8, 4) is 0 Å². The van der Waals surface area contributed by atoms with E-state index < -0.39 is 0 Å². The van der Waals surface area contributed by atoms with Gasteiger partial charge < -0.3 is 14.7 Å². The number of methoxy groups -OCH3 is 1. The first-order valence-electron chi connectivity index (χ1n) is 7.86. The third-order valence-corrected chi connectivity index (χ3v) is 4.73. The van der Waals surface area contributed by atoms with E-state index in [0.29, 0.717) is 24.3 Å². The fourth-order valence-corrected chi connectivity index (χ4v) is 3.31. The maximum Gasteiger partial charge on any atom is 0.222 e. The van der Waals surface area contributed by atoms with E-state index in [-0.39, 0.29) is 6.61 Å². The van der Waals surface area contributed by atoms with Crippen LogP contribution in [0.2, 0.25) is 0 Å². The third kappa shape index (κ3) is 4.43. The number of hydrogen-bond donors (Lipinski definition) is 1. The zero-order chi connectivity index (χ0) is 14.4. The number of nitrogens with zero attached hydrogens (tertiary/aromatic N) is 2. The van der Waals surface area contributed by atoms with Crippen molar-refractivity contribution in [1.82, 2.24) is 9.80 Å². The molecule has 0 aromatic rings. The fraction of sp³-hybridized carbons (Fsp3) is 0.933. The normalized spacial score (nSPS) is 28.6. The minimum absolute atomic E-state index is 0.205. The topological polar surface area (TPSA) is 53.0 Å². The third-order valence-electron chi connectivity index (χ3n) is 4.73. The quantitative estimate of drug-likeness (QED) is 0.808. The molecule has 20 heavy (non-hydrogen) atoms. The van der Waals surface area contributed by atoms with Gasteiger partial charge in [0.15, 0.2) is 0 Å². The summed E-state index contributed by atoms with van der Waals surface area (Å²) < 4.78 is 5.37. The van der Waals surface area contributed by atoms with E-state index >= 15 is 0 Å². The Balaban J connectivity index is 1.68. The highest BCUT2D eigenvalue weighted by molar-refractivity contribution is 5.76. The first kappa shape index (κ1) is 15.7. The summed E-state index contributed by atoms with van der Waals surface area (Å²) in [5.74, 6) is 0.860. The Morgan fingerprint density at radius 1 is 1.15 bits per heavy atom. The van der Waals surface area contributed by atoms with Crippen LogP contribution in [0.5, 0.6) is 0 Å². The summed E-state index contributed by atoms with van der Waals surface area (Å²) in [7, 11) is 1.78. The monoisotopic (exact) mass is 284 g/mol. The highest BCUT2D eigenvalue weighted by atomic mass is 16.5. The second kappa shape index (κ2) is 7.96. The van der Waals surface area contributed by atoms with Gasteiger partial charge in [-0.3, -0.25) is 9.69 Å². The largest absolute Gasteiger partial charge is 0.395 e. The predicted molar refractivity (Wildman–Crippen MR) is 77.5 cm³/mol. The van der Waals surface area contributed by atoms with Gasteiger partial charge in [-0.1, -0.05) is 0 Å². The van der Waals surface area contributed by atoms with Crippen molar-refractivity contribution >= 4 is 5.91 Å².